The van der Waals surface area contributed by atoms with Gasteiger partial charge in [-0.3, -0.25) is 0 Å². The third-order valence-electron chi connectivity index (χ3n) is 3.49. The lowest BCUT2D eigenvalue weighted by Crippen LogP contribution is -2.31. The molecule has 6 heteroatoms. The normalized spacial score (nSPS) is 16.1. The van der Waals surface area contributed by atoms with Gasteiger partial charge in [-0.2, -0.15) is 0 Å². The van der Waals surface area contributed by atoms with Crippen molar-refractivity contribution in [2.45, 2.75) is 36.8 Å². The molecule has 0 amide bonds. The van der Waals surface area contributed by atoms with Crippen LogP contribution in [0.15, 0.2) is 38.7 Å². The number of anilines is 3. The van der Waals surface area contributed by atoms with Gasteiger partial charge in [0.25, 0.3) is 0 Å². The topological polar surface area (TPSA) is 76.5 Å². The van der Waals surface area contributed by atoms with Crippen LogP contribution in [0.25, 0.3) is 0 Å². The van der Waals surface area contributed by atoms with E-state index in [0.717, 1.165) is 0 Å². The zero-order chi connectivity index (χ0) is 14.7. The summed E-state index contributed by atoms with van der Waals surface area (Å²) in [7, 11) is -3.66. The average Bonchev–Trinajstić information content (AvgIpc) is 2.68. The molecular weight excluding hydrogens is 276 g/mol. The van der Waals surface area contributed by atoms with E-state index in [-0.39, 0.29) is 16.0 Å². The number of nitrogens with two attached hydrogens (primary N) is 1. The molecule has 0 aliphatic carbocycles. The van der Waals surface area contributed by atoms with Crippen molar-refractivity contribution in [3.63, 3.8) is 0 Å². The van der Waals surface area contributed by atoms with Gasteiger partial charge in [0, 0.05) is 6.04 Å². The summed E-state index contributed by atoms with van der Waals surface area (Å²) in [6.07, 6.45) is 0. The van der Waals surface area contributed by atoms with Crippen molar-refractivity contribution in [3.8, 4) is 0 Å². The maximum atomic E-state index is 12.7. The van der Waals surface area contributed by atoms with Crippen LogP contribution >= 0.6 is 0 Å². The number of benzene rings is 1. The summed E-state index contributed by atoms with van der Waals surface area (Å²) in [6.45, 7) is 5.65. The number of para-hydroxylation sites is 1. The van der Waals surface area contributed by atoms with E-state index in [9.17, 15) is 8.42 Å². The van der Waals surface area contributed by atoms with Crippen molar-refractivity contribution >= 4 is 26.9 Å². The van der Waals surface area contributed by atoms with E-state index in [2.05, 4.69) is 0 Å². The Morgan fingerprint density at radius 1 is 1.25 bits per heavy atom. The van der Waals surface area contributed by atoms with Crippen molar-refractivity contribution in [2.75, 3.05) is 10.6 Å². The molecule has 2 N–H and O–H groups in total. The molecule has 1 aliphatic heterocycles. The Kier molecular flexibility index (Phi) is 2.62. The van der Waals surface area contributed by atoms with Gasteiger partial charge in [-0.15, -0.1) is 0 Å². The zero-order valence-corrected chi connectivity index (χ0v) is 12.4. The van der Waals surface area contributed by atoms with E-state index in [0.29, 0.717) is 22.8 Å². The van der Waals surface area contributed by atoms with Gasteiger partial charge >= 0.3 is 0 Å². The Morgan fingerprint density at radius 2 is 1.90 bits per heavy atom. The van der Waals surface area contributed by atoms with Gasteiger partial charge in [-0.05, 0) is 32.9 Å². The van der Waals surface area contributed by atoms with E-state index >= 15 is 0 Å². The van der Waals surface area contributed by atoms with Gasteiger partial charge in [0.2, 0.25) is 14.9 Å². The minimum Gasteiger partial charge on any atom is -0.445 e. The molecule has 3 rings (SSSR count). The van der Waals surface area contributed by atoms with E-state index in [1.54, 1.807) is 25.1 Å². The standard InChI is InChI=1S/C14H16N2O3S/c1-8(2)16-10-6-4-5-7-11(10)20(17,18)14-13(16)12(15)9(3)19-14/h4-8H,15H2,1-3H3. The van der Waals surface area contributed by atoms with Gasteiger partial charge in [0.15, 0.2) is 0 Å². The number of aryl methyl sites for hydroxylation is 1. The van der Waals surface area contributed by atoms with Gasteiger partial charge in [-0.1, -0.05) is 12.1 Å². The Labute approximate surface area is 117 Å². The molecule has 0 unspecified atom stereocenters. The zero-order valence-electron chi connectivity index (χ0n) is 11.5. The van der Waals surface area contributed by atoms with Crippen LogP contribution in [-0.2, 0) is 9.84 Å². The average molecular weight is 292 g/mol. The second-order valence-electron chi connectivity index (χ2n) is 5.14. The van der Waals surface area contributed by atoms with Crippen molar-refractivity contribution in [1.82, 2.24) is 0 Å². The fourth-order valence-corrected chi connectivity index (χ4v) is 4.17. The first-order valence-electron chi connectivity index (χ1n) is 6.38. The maximum absolute atomic E-state index is 12.7. The van der Waals surface area contributed by atoms with E-state index in [4.69, 9.17) is 10.2 Å². The molecule has 0 atom stereocenters. The fourth-order valence-electron chi connectivity index (χ4n) is 2.57. The van der Waals surface area contributed by atoms with E-state index < -0.39 is 9.84 Å². The van der Waals surface area contributed by atoms with Crippen molar-refractivity contribution in [1.29, 1.82) is 0 Å². The molecule has 0 fully saturated rings. The SMILES string of the molecule is Cc1oc2c(c1N)N(C(C)C)c1ccccc1S2(=O)=O. The predicted octanol–water partition coefficient (Wildman–Crippen LogP) is 2.86. The molecule has 106 valence electrons. The van der Waals surface area contributed by atoms with Gasteiger partial charge in [0.1, 0.15) is 11.4 Å². The Hall–Kier alpha value is -1.95. The molecule has 1 aromatic carbocycles. The van der Waals surface area contributed by atoms with Crippen LogP contribution in [0.2, 0.25) is 0 Å². The van der Waals surface area contributed by atoms with Crippen LogP contribution in [0.1, 0.15) is 19.6 Å². The van der Waals surface area contributed by atoms with Crippen LogP contribution in [0.4, 0.5) is 17.1 Å². The highest BCUT2D eigenvalue weighted by Gasteiger charge is 2.40. The van der Waals surface area contributed by atoms with E-state index in [1.165, 1.54) is 0 Å². The third-order valence-corrected chi connectivity index (χ3v) is 5.18. The molecular formula is C14H16N2O3S. The van der Waals surface area contributed by atoms with E-state index in [1.807, 2.05) is 24.8 Å². The quantitative estimate of drug-likeness (QED) is 0.874. The first-order valence-corrected chi connectivity index (χ1v) is 7.86. The molecule has 0 radical (unpaired) electrons. The summed E-state index contributed by atoms with van der Waals surface area (Å²) in [6, 6.07) is 6.97. The lowest BCUT2D eigenvalue weighted by atomic mass is 10.2. The molecule has 5 nitrogen and oxygen atoms in total. The second-order valence-corrected chi connectivity index (χ2v) is 6.96. The van der Waals surface area contributed by atoms with Gasteiger partial charge < -0.3 is 15.1 Å². The van der Waals surface area contributed by atoms with Crippen molar-refractivity contribution in [3.05, 3.63) is 30.0 Å². The summed E-state index contributed by atoms with van der Waals surface area (Å²) < 4.78 is 30.7. The second kappa shape index (κ2) is 4.02. The highest BCUT2D eigenvalue weighted by Crippen LogP contribution is 2.49. The Morgan fingerprint density at radius 3 is 2.55 bits per heavy atom. The van der Waals surface area contributed by atoms with Crippen molar-refractivity contribution in [2.24, 2.45) is 0 Å². The first-order chi connectivity index (χ1) is 9.35. The first kappa shape index (κ1) is 13.1. The van der Waals surface area contributed by atoms with Crippen LogP contribution in [0.3, 0.4) is 0 Å². The summed E-state index contributed by atoms with van der Waals surface area (Å²) in [5.74, 6) is 0.428. The number of nitrogen functional groups attached to an aromatic ring is 1. The molecule has 0 spiro atoms. The minimum absolute atomic E-state index is 0.0556. The molecule has 2 heterocycles. The van der Waals surface area contributed by atoms with Crippen LogP contribution in [0.5, 0.6) is 0 Å². The highest BCUT2D eigenvalue weighted by molar-refractivity contribution is 7.91. The predicted molar refractivity (Wildman–Crippen MR) is 77.0 cm³/mol. The molecule has 0 saturated heterocycles. The maximum Gasteiger partial charge on any atom is 0.249 e. The third kappa shape index (κ3) is 1.51. The largest absolute Gasteiger partial charge is 0.445 e. The number of hydrogen-bond acceptors (Lipinski definition) is 5. The number of nitrogens with zero attached hydrogens (tertiary/aromatic N) is 1. The fraction of sp³-hybridized carbons (Fsp3) is 0.286. The lowest BCUT2D eigenvalue weighted by molar-refractivity contribution is 0.427. The van der Waals surface area contributed by atoms with Gasteiger partial charge in [-0.25, -0.2) is 8.42 Å². The number of fused-ring (bicyclic) bond motifs is 2. The monoisotopic (exact) mass is 292 g/mol. The summed E-state index contributed by atoms with van der Waals surface area (Å²) in [5.41, 5.74) is 7.51. The lowest BCUT2D eigenvalue weighted by Gasteiger charge is -2.33. The van der Waals surface area contributed by atoms with Crippen molar-refractivity contribution < 1.29 is 12.8 Å². The van der Waals surface area contributed by atoms with Gasteiger partial charge in [0.05, 0.1) is 16.3 Å². The molecule has 0 saturated carbocycles. The number of sulfone groups is 1. The molecule has 0 bridgehead atoms. The molecule has 1 aromatic heterocycles. The van der Waals surface area contributed by atoms with Crippen LogP contribution in [0, 0.1) is 6.92 Å². The molecule has 1 aliphatic rings. The smallest absolute Gasteiger partial charge is 0.249 e. The Balaban J connectivity index is 2.44. The minimum atomic E-state index is -3.66. The number of hydrogen-bond donors (Lipinski definition) is 1. The highest BCUT2D eigenvalue weighted by atomic mass is 32.2. The number of rotatable bonds is 1. The van der Waals surface area contributed by atoms with Crippen LogP contribution in [-0.4, -0.2) is 14.5 Å². The molecule has 2 aromatic rings. The summed E-state index contributed by atoms with van der Waals surface area (Å²) in [4.78, 5) is 2.17. The Bertz CT molecular complexity index is 791. The summed E-state index contributed by atoms with van der Waals surface area (Å²) in [5, 5.41) is -0.0556. The molecule has 20 heavy (non-hydrogen) atoms. The van der Waals surface area contributed by atoms with Crippen LogP contribution < -0.4 is 10.6 Å². The number of furan rings is 1. The summed E-state index contributed by atoms with van der Waals surface area (Å²) >= 11 is 0.